The van der Waals surface area contributed by atoms with E-state index >= 15 is 0 Å². The third-order valence-corrected chi connectivity index (χ3v) is 3.38. The molecule has 0 saturated heterocycles. The first kappa shape index (κ1) is 14.3. The van der Waals surface area contributed by atoms with Gasteiger partial charge < -0.3 is 9.73 Å². The van der Waals surface area contributed by atoms with Crippen LogP contribution in [0.15, 0.2) is 53.1 Å². The summed E-state index contributed by atoms with van der Waals surface area (Å²) in [6, 6.07) is 14.0. The number of carbonyl (C=O) groups is 1. The number of hydrogen-bond acceptors (Lipinski definition) is 3. The molecule has 2 aromatic rings. The second-order valence-corrected chi connectivity index (χ2v) is 4.86. The number of amides is 1. The Morgan fingerprint density at radius 3 is 2.65 bits per heavy atom. The van der Waals surface area contributed by atoms with Gasteiger partial charge in [0.25, 0.3) is 0 Å². The quantitative estimate of drug-likeness (QED) is 0.879. The van der Waals surface area contributed by atoms with Crippen LogP contribution in [0.5, 0.6) is 0 Å². The van der Waals surface area contributed by atoms with E-state index < -0.39 is 0 Å². The second kappa shape index (κ2) is 6.91. The van der Waals surface area contributed by atoms with E-state index in [9.17, 15) is 4.79 Å². The average Bonchev–Trinajstić information content (AvgIpc) is 2.98. The molecular weight excluding hydrogens is 252 g/mol. The summed E-state index contributed by atoms with van der Waals surface area (Å²) < 4.78 is 5.18. The van der Waals surface area contributed by atoms with Crippen LogP contribution in [-0.2, 0) is 11.3 Å². The molecule has 4 nitrogen and oxygen atoms in total. The molecule has 1 atom stereocenters. The Balaban J connectivity index is 1.81. The van der Waals surface area contributed by atoms with Gasteiger partial charge in [-0.1, -0.05) is 30.3 Å². The van der Waals surface area contributed by atoms with Crippen molar-refractivity contribution in [3.63, 3.8) is 0 Å². The van der Waals surface area contributed by atoms with Crippen LogP contribution in [-0.4, -0.2) is 24.4 Å². The van der Waals surface area contributed by atoms with Gasteiger partial charge in [-0.05, 0) is 31.7 Å². The fourth-order valence-electron chi connectivity index (χ4n) is 2.00. The SMILES string of the molecule is C[C@H](c1ccccc1)N(C)CC(=O)NCc1ccco1. The number of benzene rings is 1. The maximum absolute atomic E-state index is 11.9. The fourth-order valence-corrected chi connectivity index (χ4v) is 2.00. The lowest BCUT2D eigenvalue weighted by atomic mass is 10.1. The molecule has 1 aromatic carbocycles. The zero-order valence-corrected chi connectivity index (χ0v) is 11.9. The summed E-state index contributed by atoms with van der Waals surface area (Å²) in [5.74, 6) is 0.754. The van der Waals surface area contributed by atoms with Crippen LogP contribution >= 0.6 is 0 Å². The van der Waals surface area contributed by atoms with E-state index in [1.807, 2.05) is 42.3 Å². The molecule has 2 rings (SSSR count). The number of hydrogen-bond donors (Lipinski definition) is 1. The lowest BCUT2D eigenvalue weighted by Gasteiger charge is -2.24. The number of nitrogens with one attached hydrogen (secondary N) is 1. The fraction of sp³-hybridized carbons (Fsp3) is 0.312. The van der Waals surface area contributed by atoms with Gasteiger partial charge in [-0.25, -0.2) is 0 Å². The lowest BCUT2D eigenvalue weighted by Crippen LogP contribution is -2.36. The van der Waals surface area contributed by atoms with Crippen molar-refractivity contribution in [2.24, 2.45) is 0 Å². The first-order valence-corrected chi connectivity index (χ1v) is 6.71. The highest BCUT2D eigenvalue weighted by Gasteiger charge is 2.14. The highest BCUT2D eigenvalue weighted by molar-refractivity contribution is 5.77. The maximum atomic E-state index is 11.9. The molecule has 0 radical (unpaired) electrons. The van der Waals surface area contributed by atoms with Gasteiger partial charge in [-0.15, -0.1) is 0 Å². The molecule has 0 aliphatic rings. The van der Waals surface area contributed by atoms with Crippen LogP contribution in [0.4, 0.5) is 0 Å². The first-order valence-electron chi connectivity index (χ1n) is 6.71. The Morgan fingerprint density at radius 2 is 2.00 bits per heavy atom. The van der Waals surface area contributed by atoms with E-state index in [2.05, 4.69) is 24.4 Å². The first-order chi connectivity index (χ1) is 9.66. The summed E-state index contributed by atoms with van der Waals surface area (Å²) in [6.07, 6.45) is 1.60. The predicted molar refractivity (Wildman–Crippen MR) is 78.0 cm³/mol. The van der Waals surface area contributed by atoms with Crippen LogP contribution in [0.2, 0.25) is 0 Å². The third-order valence-electron chi connectivity index (χ3n) is 3.38. The van der Waals surface area contributed by atoms with Gasteiger partial charge in [0.15, 0.2) is 0 Å². The topological polar surface area (TPSA) is 45.5 Å². The molecule has 0 aliphatic heterocycles. The van der Waals surface area contributed by atoms with Crippen molar-refractivity contribution in [2.75, 3.05) is 13.6 Å². The molecule has 20 heavy (non-hydrogen) atoms. The zero-order valence-electron chi connectivity index (χ0n) is 11.9. The Kier molecular flexibility index (Phi) is 4.96. The number of carbonyl (C=O) groups excluding carboxylic acids is 1. The van der Waals surface area contributed by atoms with Crippen molar-refractivity contribution in [3.8, 4) is 0 Å². The van der Waals surface area contributed by atoms with E-state index in [0.717, 1.165) is 5.76 Å². The molecule has 0 unspecified atom stereocenters. The molecule has 1 amide bonds. The molecule has 106 valence electrons. The molecule has 0 aliphatic carbocycles. The summed E-state index contributed by atoms with van der Waals surface area (Å²) >= 11 is 0. The van der Waals surface area contributed by atoms with Crippen molar-refractivity contribution >= 4 is 5.91 Å². The molecule has 0 saturated carbocycles. The number of rotatable bonds is 6. The van der Waals surface area contributed by atoms with Crippen LogP contribution in [0, 0.1) is 0 Å². The van der Waals surface area contributed by atoms with Gasteiger partial charge in [-0.3, -0.25) is 9.69 Å². The van der Waals surface area contributed by atoms with Crippen molar-refractivity contribution in [1.82, 2.24) is 10.2 Å². The molecule has 4 heteroatoms. The Hall–Kier alpha value is -2.07. The molecule has 0 fully saturated rings. The summed E-state index contributed by atoms with van der Waals surface area (Å²) in [5.41, 5.74) is 1.20. The van der Waals surface area contributed by atoms with Crippen LogP contribution < -0.4 is 5.32 Å². The minimum absolute atomic E-state index is 0.00770. The number of furan rings is 1. The van der Waals surface area contributed by atoms with E-state index in [1.54, 1.807) is 6.26 Å². The van der Waals surface area contributed by atoms with Crippen LogP contribution in [0.25, 0.3) is 0 Å². The van der Waals surface area contributed by atoms with E-state index in [1.165, 1.54) is 5.56 Å². The monoisotopic (exact) mass is 272 g/mol. The predicted octanol–water partition coefficient (Wildman–Crippen LogP) is 2.59. The minimum atomic E-state index is -0.00770. The third kappa shape index (κ3) is 3.96. The molecule has 0 spiro atoms. The lowest BCUT2D eigenvalue weighted by molar-refractivity contribution is -0.122. The Labute approximate surface area is 119 Å². The largest absolute Gasteiger partial charge is 0.467 e. The van der Waals surface area contributed by atoms with Crippen molar-refractivity contribution in [2.45, 2.75) is 19.5 Å². The van der Waals surface area contributed by atoms with Gasteiger partial charge >= 0.3 is 0 Å². The molecule has 1 N–H and O–H groups in total. The van der Waals surface area contributed by atoms with Crippen molar-refractivity contribution < 1.29 is 9.21 Å². The van der Waals surface area contributed by atoms with E-state index in [0.29, 0.717) is 13.1 Å². The summed E-state index contributed by atoms with van der Waals surface area (Å²) in [5, 5.41) is 2.85. The number of likely N-dealkylation sites (N-methyl/N-ethyl adjacent to an activating group) is 1. The van der Waals surface area contributed by atoms with Crippen LogP contribution in [0.1, 0.15) is 24.3 Å². The van der Waals surface area contributed by atoms with E-state index in [4.69, 9.17) is 4.42 Å². The zero-order chi connectivity index (χ0) is 14.4. The molecule has 0 bridgehead atoms. The van der Waals surface area contributed by atoms with Gasteiger partial charge in [0.1, 0.15) is 5.76 Å². The summed E-state index contributed by atoms with van der Waals surface area (Å²) in [6.45, 7) is 2.88. The second-order valence-electron chi connectivity index (χ2n) is 4.86. The van der Waals surface area contributed by atoms with Crippen LogP contribution in [0.3, 0.4) is 0 Å². The van der Waals surface area contributed by atoms with Gasteiger partial charge in [0.05, 0.1) is 19.4 Å². The van der Waals surface area contributed by atoms with Gasteiger partial charge in [-0.2, -0.15) is 0 Å². The van der Waals surface area contributed by atoms with E-state index in [-0.39, 0.29) is 11.9 Å². The standard InChI is InChI=1S/C16H20N2O2/c1-13(14-7-4-3-5-8-14)18(2)12-16(19)17-11-15-9-6-10-20-15/h3-10,13H,11-12H2,1-2H3,(H,17,19)/t13-/m1/s1. The highest BCUT2D eigenvalue weighted by Crippen LogP contribution is 2.17. The molecule has 1 aromatic heterocycles. The maximum Gasteiger partial charge on any atom is 0.234 e. The Morgan fingerprint density at radius 1 is 1.25 bits per heavy atom. The number of nitrogens with zero attached hydrogens (tertiary/aromatic N) is 1. The molecule has 1 heterocycles. The average molecular weight is 272 g/mol. The normalized spacial score (nSPS) is 12.3. The molecular formula is C16H20N2O2. The highest BCUT2D eigenvalue weighted by atomic mass is 16.3. The smallest absolute Gasteiger partial charge is 0.234 e. The summed E-state index contributed by atoms with van der Waals surface area (Å²) in [7, 11) is 1.95. The van der Waals surface area contributed by atoms with Gasteiger partial charge in [0.2, 0.25) is 5.91 Å². The minimum Gasteiger partial charge on any atom is -0.467 e. The van der Waals surface area contributed by atoms with Gasteiger partial charge in [0, 0.05) is 6.04 Å². The van der Waals surface area contributed by atoms with Crippen molar-refractivity contribution in [3.05, 3.63) is 60.1 Å². The summed E-state index contributed by atoms with van der Waals surface area (Å²) in [4.78, 5) is 13.9. The van der Waals surface area contributed by atoms with Crippen molar-refractivity contribution in [1.29, 1.82) is 0 Å². The Bertz CT molecular complexity index is 523.